The van der Waals surface area contributed by atoms with Gasteiger partial charge in [-0.05, 0) is 49.7 Å². The lowest BCUT2D eigenvalue weighted by molar-refractivity contribution is -0.327. The second kappa shape index (κ2) is 20.5. The molecule has 304 valence electrons. The van der Waals surface area contributed by atoms with Gasteiger partial charge in [0.25, 0.3) is 0 Å². The van der Waals surface area contributed by atoms with Gasteiger partial charge in [0.15, 0.2) is 12.4 Å². The Morgan fingerprint density at radius 2 is 1.74 bits per heavy atom. The Morgan fingerprint density at radius 3 is 2.40 bits per heavy atom. The second-order valence-corrected chi connectivity index (χ2v) is 16.4. The topological polar surface area (TPSA) is 177 Å². The molecule has 0 aromatic carbocycles. The quantitative estimate of drug-likeness (QED) is 0.0921. The summed E-state index contributed by atoms with van der Waals surface area (Å²) in [6.07, 6.45) is 3.30. The van der Waals surface area contributed by atoms with E-state index in [0.717, 1.165) is 25.7 Å². The number of aliphatic hydroxyl groups excluding tert-OH is 2. The number of aliphatic hydroxyl groups is 3. The lowest BCUT2D eigenvalue weighted by atomic mass is 9.74. The highest BCUT2D eigenvalue weighted by Gasteiger charge is 2.57. The molecular formula is C40H66O13. The van der Waals surface area contributed by atoms with Gasteiger partial charge in [0.2, 0.25) is 5.79 Å². The van der Waals surface area contributed by atoms with Crippen LogP contribution in [0.3, 0.4) is 0 Å². The molecule has 2 fully saturated rings. The predicted octanol–water partition coefficient (Wildman–Crippen LogP) is 5.21. The Labute approximate surface area is 315 Å². The first-order chi connectivity index (χ1) is 24.9. The molecule has 9 atom stereocenters. The highest BCUT2D eigenvalue weighted by molar-refractivity contribution is 5.83. The van der Waals surface area contributed by atoms with Gasteiger partial charge >= 0.3 is 17.9 Å². The van der Waals surface area contributed by atoms with Crippen LogP contribution in [0, 0.1) is 10.8 Å². The second-order valence-electron chi connectivity index (χ2n) is 16.4. The molecule has 13 heteroatoms. The highest BCUT2D eigenvalue weighted by atomic mass is 16.7. The number of ether oxygens (including phenoxy) is 7. The summed E-state index contributed by atoms with van der Waals surface area (Å²) in [6.45, 7) is 13.8. The molecule has 3 heterocycles. The first-order valence-electron chi connectivity index (χ1n) is 19.4. The molecule has 0 spiro atoms. The van der Waals surface area contributed by atoms with Crippen molar-refractivity contribution in [2.24, 2.45) is 10.8 Å². The SMILES string of the molecule is CCCCCCCC(=O)O[C@H]1/C(=C/C(=O)OC)C[C@H]2C[C@H]([C@@H](C)O)OC(=O)C[C@H](O)CCO[C@H](C(C)(C)C)C[C@@H]3CCO[C@H](/C=C\C(C)(C)[C@]1(O)O2)O3. The predicted molar refractivity (Wildman–Crippen MR) is 195 cm³/mol. The van der Waals surface area contributed by atoms with E-state index in [9.17, 15) is 29.7 Å². The summed E-state index contributed by atoms with van der Waals surface area (Å²) in [7, 11) is 1.22. The monoisotopic (exact) mass is 754 g/mol. The summed E-state index contributed by atoms with van der Waals surface area (Å²) >= 11 is 0. The van der Waals surface area contributed by atoms with Gasteiger partial charge in [-0.25, -0.2) is 4.79 Å². The van der Waals surface area contributed by atoms with Crippen molar-refractivity contribution in [2.75, 3.05) is 20.3 Å². The summed E-state index contributed by atoms with van der Waals surface area (Å²) in [5, 5.41) is 34.1. The van der Waals surface area contributed by atoms with Crippen molar-refractivity contribution < 1.29 is 62.9 Å². The van der Waals surface area contributed by atoms with Crippen LogP contribution < -0.4 is 0 Å². The number of rotatable bonds is 9. The van der Waals surface area contributed by atoms with Crippen molar-refractivity contribution >= 4 is 17.9 Å². The van der Waals surface area contributed by atoms with Crippen molar-refractivity contribution in [3.63, 3.8) is 0 Å². The molecule has 13 nitrogen and oxygen atoms in total. The molecule has 3 rings (SSSR count). The van der Waals surface area contributed by atoms with Crippen LogP contribution in [0.4, 0.5) is 0 Å². The van der Waals surface area contributed by atoms with E-state index >= 15 is 0 Å². The van der Waals surface area contributed by atoms with Crippen LogP contribution in [0.25, 0.3) is 0 Å². The molecule has 0 aliphatic carbocycles. The Kier molecular flexibility index (Phi) is 17.4. The third-order valence-electron chi connectivity index (χ3n) is 10.3. The molecule has 0 radical (unpaired) electrons. The molecule has 3 aliphatic heterocycles. The van der Waals surface area contributed by atoms with Crippen LogP contribution in [0.15, 0.2) is 23.8 Å². The number of carbonyl (C=O) groups excluding carboxylic acids is 3. The molecule has 0 aromatic heterocycles. The summed E-state index contributed by atoms with van der Waals surface area (Å²) in [5.41, 5.74) is -1.33. The van der Waals surface area contributed by atoms with Gasteiger partial charge in [0.1, 0.15) is 6.10 Å². The van der Waals surface area contributed by atoms with Crippen LogP contribution >= 0.6 is 0 Å². The first kappa shape index (κ1) is 45.0. The lowest BCUT2D eigenvalue weighted by Crippen LogP contribution is -2.62. The number of carbonyl (C=O) groups is 3. The molecule has 3 N–H and O–H groups in total. The average molecular weight is 755 g/mol. The van der Waals surface area contributed by atoms with Gasteiger partial charge in [-0.1, -0.05) is 73.3 Å². The summed E-state index contributed by atoms with van der Waals surface area (Å²) < 4.78 is 41.6. The molecule has 0 unspecified atom stereocenters. The van der Waals surface area contributed by atoms with Crippen LogP contribution in [0.1, 0.15) is 126 Å². The van der Waals surface area contributed by atoms with Gasteiger partial charge in [-0.3, -0.25) is 9.59 Å². The zero-order chi connectivity index (χ0) is 39.4. The fourth-order valence-corrected chi connectivity index (χ4v) is 6.86. The van der Waals surface area contributed by atoms with E-state index in [2.05, 4.69) is 27.7 Å². The maximum Gasteiger partial charge on any atom is 0.330 e. The molecule has 2 saturated heterocycles. The number of unbranched alkanes of at least 4 members (excludes halogenated alkanes) is 4. The third kappa shape index (κ3) is 13.7. The van der Waals surface area contributed by atoms with Crippen LogP contribution in [0.5, 0.6) is 0 Å². The summed E-state index contributed by atoms with van der Waals surface area (Å²) in [5.74, 6) is -4.28. The summed E-state index contributed by atoms with van der Waals surface area (Å²) in [4.78, 5) is 39.1. The van der Waals surface area contributed by atoms with Crippen molar-refractivity contribution in [2.45, 2.75) is 180 Å². The van der Waals surface area contributed by atoms with E-state index in [1.54, 1.807) is 26.0 Å². The number of hydrogen-bond acceptors (Lipinski definition) is 13. The van der Waals surface area contributed by atoms with E-state index < -0.39 is 65.9 Å². The molecule has 3 aliphatic rings. The van der Waals surface area contributed by atoms with Crippen molar-refractivity contribution in [3.8, 4) is 0 Å². The van der Waals surface area contributed by atoms with E-state index in [1.165, 1.54) is 20.1 Å². The van der Waals surface area contributed by atoms with Crippen molar-refractivity contribution in [1.29, 1.82) is 0 Å². The van der Waals surface area contributed by atoms with Gasteiger partial charge in [-0.15, -0.1) is 0 Å². The minimum atomic E-state index is -2.27. The van der Waals surface area contributed by atoms with Gasteiger partial charge in [0, 0.05) is 37.4 Å². The smallest absolute Gasteiger partial charge is 0.330 e. The normalized spacial score (nSPS) is 34.0. The fraction of sp³-hybridized carbons (Fsp3) is 0.825. The zero-order valence-electron chi connectivity index (χ0n) is 33.2. The van der Waals surface area contributed by atoms with E-state index in [1.807, 2.05) is 0 Å². The van der Waals surface area contributed by atoms with Crippen molar-refractivity contribution in [3.05, 3.63) is 23.8 Å². The van der Waals surface area contributed by atoms with E-state index in [-0.39, 0.29) is 61.9 Å². The van der Waals surface area contributed by atoms with E-state index in [4.69, 9.17) is 33.2 Å². The van der Waals surface area contributed by atoms with Gasteiger partial charge in [-0.2, -0.15) is 0 Å². The van der Waals surface area contributed by atoms with Gasteiger partial charge < -0.3 is 48.5 Å². The number of fused-ring (bicyclic) bond motifs is 4. The molecule has 0 amide bonds. The fourth-order valence-electron chi connectivity index (χ4n) is 6.86. The molecule has 0 aromatic rings. The minimum absolute atomic E-state index is 0.0160. The molecule has 4 bridgehead atoms. The number of cyclic esters (lactones) is 1. The Hall–Kier alpha value is -2.39. The Balaban J connectivity index is 2.06. The van der Waals surface area contributed by atoms with Crippen LogP contribution in [-0.2, 0) is 47.5 Å². The Bertz CT molecular complexity index is 1240. The molecule has 0 saturated carbocycles. The lowest BCUT2D eigenvalue weighted by Gasteiger charge is -2.51. The average Bonchev–Trinajstić information content (AvgIpc) is 3.07. The molecule has 53 heavy (non-hydrogen) atoms. The third-order valence-corrected chi connectivity index (χ3v) is 10.3. The Morgan fingerprint density at radius 1 is 1.04 bits per heavy atom. The number of methoxy groups -OCH3 is 1. The highest BCUT2D eigenvalue weighted by Crippen LogP contribution is 2.47. The maximum atomic E-state index is 13.3. The number of esters is 3. The standard InChI is InChI=1S/C40H66O13/c1-9-10-11-12-13-14-33(43)52-37-27(22-34(44)47-8)21-30-24-31(26(2)41)51-35(45)23-28(42)16-19-48-32(38(3,4)5)25-29-17-20-49-36(50-29)15-18-39(6,7)40(37,46)53-30/h15,18,22,26,28-32,36-37,41-42,46H,9-14,16-17,19-21,23-25H2,1-8H3/b18-15-,27-22+/t26-,28-,29+,30+,31-,32+,36+,37+,40-/m1/s1. The maximum absolute atomic E-state index is 13.3. The molecular weight excluding hydrogens is 688 g/mol. The zero-order valence-corrected chi connectivity index (χ0v) is 33.2. The number of hydrogen-bond donors (Lipinski definition) is 3. The van der Waals surface area contributed by atoms with E-state index in [0.29, 0.717) is 25.9 Å². The van der Waals surface area contributed by atoms with Crippen LogP contribution in [0.2, 0.25) is 0 Å². The van der Waals surface area contributed by atoms with Gasteiger partial charge in [0.05, 0.1) is 50.7 Å². The van der Waals surface area contributed by atoms with Crippen LogP contribution in [-0.4, -0.2) is 108 Å². The minimum Gasteiger partial charge on any atom is -0.466 e. The first-order valence-corrected chi connectivity index (χ1v) is 19.4. The van der Waals surface area contributed by atoms with Crippen molar-refractivity contribution in [1.82, 2.24) is 0 Å². The largest absolute Gasteiger partial charge is 0.466 e. The summed E-state index contributed by atoms with van der Waals surface area (Å²) in [6, 6.07) is 0.